The van der Waals surface area contributed by atoms with Crippen molar-refractivity contribution in [2.45, 2.75) is 32.1 Å². The van der Waals surface area contributed by atoms with Gasteiger partial charge in [-0.3, -0.25) is 0 Å². The lowest BCUT2D eigenvalue weighted by Gasteiger charge is -2.54. The van der Waals surface area contributed by atoms with Crippen LogP contribution in [-0.4, -0.2) is 6.29 Å². The first-order valence-electron chi connectivity index (χ1n) is 5.12. The van der Waals surface area contributed by atoms with Crippen molar-refractivity contribution >= 4 is 6.29 Å². The molecule has 0 aliphatic heterocycles. The summed E-state index contributed by atoms with van der Waals surface area (Å²) in [5.41, 5.74) is 0.0365. The standard InChI is InChI=1S/C11H15O/c12-7-11-4-8-1-9(5-11)3-10(2-8)6-11/h4,7-10H,1-3,5-6H2. The maximum absolute atomic E-state index is 11.0. The SMILES string of the molecule is O=CC12[CH]C3CC(CC(C3)C1)C2. The Balaban J connectivity index is 1.95. The number of aldehydes is 1. The Morgan fingerprint density at radius 1 is 1.17 bits per heavy atom. The molecule has 0 spiro atoms. The molecule has 65 valence electrons. The van der Waals surface area contributed by atoms with E-state index >= 15 is 0 Å². The second-order valence-corrected chi connectivity index (χ2v) is 5.13. The van der Waals surface area contributed by atoms with Crippen molar-refractivity contribution in [1.82, 2.24) is 0 Å². The molecule has 1 nitrogen and oxygen atoms in total. The molecule has 4 saturated carbocycles. The van der Waals surface area contributed by atoms with Gasteiger partial charge in [0.1, 0.15) is 6.29 Å². The molecule has 0 amide bonds. The van der Waals surface area contributed by atoms with E-state index in [-0.39, 0.29) is 5.41 Å². The summed E-state index contributed by atoms with van der Waals surface area (Å²) in [6, 6.07) is 0. The normalized spacial score (nSPS) is 55.8. The Morgan fingerprint density at radius 2 is 1.83 bits per heavy atom. The molecular weight excluding hydrogens is 148 g/mol. The van der Waals surface area contributed by atoms with Gasteiger partial charge in [0.25, 0.3) is 0 Å². The summed E-state index contributed by atoms with van der Waals surface area (Å²) in [5, 5.41) is 0. The lowest BCUT2D eigenvalue weighted by molar-refractivity contribution is -0.123. The fourth-order valence-electron chi connectivity index (χ4n) is 3.99. The Bertz CT molecular complexity index is 184. The van der Waals surface area contributed by atoms with Gasteiger partial charge in [-0.05, 0) is 56.3 Å². The van der Waals surface area contributed by atoms with E-state index in [2.05, 4.69) is 6.42 Å². The van der Waals surface area contributed by atoms with Gasteiger partial charge in [-0.25, -0.2) is 0 Å². The van der Waals surface area contributed by atoms with Crippen molar-refractivity contribution in [3.05, 3.63) is 6.42 Å². The minimum absolute atomic E-state index is 0.0365. The molecule has 0 aromatic heterocycles. The maximum atomic E-state index is 11.0. The molecule has 1 radical (unpaired) electrons. The van der Waals surface area contributed by atoms with Crippen molar-refractivity contribution in [3.8, 4) is 0 Å². The van der Waals surface area contributed by atoms with E-state index in [0.717, 1.165) is 17.8 Å². The summed E-state index contributed by atoms with van der Waals surface area (Å²) in [5.74, 6) is 2.57. The zero-order chi connectivity index (χ0) is 8.18. The molecule has 4 aliphatic rings. The first-order valence-corrected chi connectivity index (χ1v) is 5.12. The van der Waals surface area contributed by atoms with Crippen LogP contribution in [0.25, 0.3) is 0 Å². The Kier molecular flexibility index (Phi) is 1.26. The summed E-state index contributed by atoms with van der Waals surface area (Å²) < 4.78 is 0. The van der Waals surface area contributed by atoms with Crippen LogP contribution in [0.1, 0.15) is 32.1 Å². The third kappa shape index (κ3) is 0.826. The van der Waals surface area contributed by atoms with Crippen LogP contribution in [0.2, 0.25) is 0 Å². The summed E-state index contributed by atoms with van der Waals surface area (Å²) in [6.45, 7) is 0. The molecule has 1 heteroatoms. The number of carbonyl (C=O) groups is 1. The van der Waals surface area contributed by atoms with Crippen LogP contribution in [0.5, 0.6) is 0 Å². The van der Waals surface area contributed by atoms with E-state index < -0.39 is 0 Å². The molecule has 0 aromatic carbocycles. The molecule has 0 saturated heterocycles. The van der Waals surface area contributed by atoms with Gasteiger partial charge in [0.15, 0.2) is 0 Å². The van der Waals surface area contributed by atoms with Crippen LogP contribution < -0.4 is 0 Å². The van der Waals surface area contributed by atoms with E-state index in [1.807, 2.05) is 0 Å². The lowest BCUT2D eigenvalue weighted by atomic mass is 9.50. The zero-order valence-electron chi connectivity index (χ0n) is 7.33. The average Bonchev–Trinajstić information content (AvgIpc) is 2.02. The number of hydrogen-bond acceptors (Lipinski definition) is 1. The molecule has 4 fully saturated rings. The number of hydrogen-bond donors (Lipinski definition) is 0. The van der Waals surface area contributed by atoms with Crippen LogP contribution in [0.3, 0.4) is 0 Å². The smallest absolute Gasteiger partial charge is 0.126 e. The quantitative estimate of drug-likeness (QED) is 0.542. The highest BCUT2D eigenvalue weighted by Crippen LogP contribution is 2.58. The molecule has 12 heavy (non-hydrogen) atoms. The third-order valence-corrected chi connectivity index (χ3v) is 4.08. The summed E-state index contributed by atoms with van der Waals surface area (Å²) in [7, 11) is 0. The Morgan fingerprint density at radius 3 is 2.33 bits per heavy atom. The van der Waals surface area contributed by atoms with Crippen molar-refractivity contribution in [2.24, 2.45) is 23.2 Å². The van der Waals surface area contributed by atoms with Gasteiger partial charge in [0, 0.05) is 5.41 Å². The van der Waals surface area contributed by atoms with E-state index in [1.54, 1.807) is 0 Å². The Hall–Kier alpha value is -0.330. The second-order valence-electron chi connectivity index (χ2n) is 5.13. The highest BCUT2D eigenvalue weighted by atomic mass is 16.1. The monoisotopic (exact) mass is 163 g/mol. The molecular formula is C11H15O. The number of carbonyl (C=O) groups excluding carboxylic acids is 1. The average molecular weight is 163 g/mol. The molecule has 4 bridgehead atoms. The molecule has 0 heterocycles. The van der Waals surface area contributed by atoms with Crippen LogP contribution in [0.15, 0.2) is 0 Å². The molecule has 4 rings (SSSR count). The van der Waals surface area contributed by atoms with Crippen molar-refractivity contribution < 1.29 is 4.79 Å². The predicted molar refractivity (Wildman–Crippen MR) is 46.4 cm³/mol. The largest absolute Gasteiger partial charge is 0.303 e. The second kappa shape index (κ2) is 2.12. The van der Waals surface area contributed by atoms with Gasteiger partial charge in [-0.2, -0.15) is 0 Å². The Labute approximate surface area is 73.5 Å². The minimum atomic E-state index is 0.0365. The lowest BCUT2D eigenvalue weighted by Crippen LogP contribution is -2.47. The summed E-state index contributed by atoms with van der Waals surface area (Å²) in [4.78, 5) is 11.0. The van der Waals surface area contributed by atoms with Gasteiger partial charge in [-0.15, -0.1) is 0 Å². The van der Waals surface area contributed by atoms with Crippen LogP contribution >= 0.6 is 0 Å². The van der Waals surface area contributed by atoms with E-state index in [9.17, 15) is 4.79 Å². The molecule has 2 atom stereocenters. The fourth-order valence-corrected chi connectivity index (χ4v) is 3.99. The zero-order valence-corrected chi connectivity index (χ0v) is 7.33. The summed E-state index contributed by atoms with van der Waals surface area (Å²) in [6.07, 6.45) is 10.1. The van der Waals surface area contributed by atoms with Gasteiger partial charge in [-0.1, -0.05) is 0 Å². The van der Waals surface area contributed by atoms with Gasteiger partial charge in [0.2, 0.25) is 0 Å². The minimum Gasteiger partial charge on any atom is -0.303 e. The highest BCUT2D eigenvalue weighted by Gasteiger charge is 2.50. The van der Waals surface area contributed by atoms with E-state index in [1.165, 1.54) is 38.4 Å². The third-order valence-electron chi connectivity index (χ3n) is 4.08. The first kappa shape index (κ1) is 7.11. The van der Waals surface area contributed by atoms with Crippen LogP contribution in [0, 0.1) is 29.6 Å². The van der Waals surface area contributed by atoms with Crippen molar-refractivity contribution in [2.75, 3.05) is 0 Å². The molecule has 2 unspecified atom stereocenters. The topological polar surface area (TPSA) is 17.1 Å². The first-order chi connectivity index (χ1) is 5.80. The van der Waals surface area contributed by atoms with E-state index in [0.29, 0.717) is 0 Å². The predicted octanol–water partition coefficient (Wildman–Crippen LogP) is 2.22. The van der Waals surface area contributed by atoms with Crippen molar-refractivity contribution in [1.29, 1.82) is 0 Å². The van der Waals surface area contributed by atoms with Crippen molar-refractivity contribution in [3.63, 3.8) is 0 Å². The molecule has 0 N–H and O–H groups in total. The van der Waals surface area contributed by atoms with Gasteiger partial charge < -0.3 is 4.79 Å². The fraction of sp³-hybridized carbons (Fsp3) is 0.818. The molecule has 4 aliphatic carbocycles. The van der Waals surface area contributed by atoms with Gasteiger partial charge >= 0.3 is 0 Å². The van der Waals surface area contributed by atoms with E-state index in [4.69, 9.17) is 0 Å². The molecule has 0 aromatic rings. The highest BCUT2D eigenvalue weighted by molar-refractivity contribution is 5.63. The van der Waals surface area contributed by atoms with Crippen LogP contribution in [-0.2, 0) is 4.79 Å². The maximum Gasteiger partial charge on any atom is 0.126 e. The van der Waals surface area contributed by atoms with Crippen LogP contribution in [0.4, 0.5) is 0 Å². The number of rotatable bonds is 1. The summed E-state index contributed by atoms with van der Waals surface area (Å²) >= 11 is 0. The van der Waals surface area contributed by atoms with Gasteiger partial charge in [0.05, 0.1) is 0 Å².